The van der Waals surface area contributed by atoms with Crippen LogP contribution >= 0.6 is 11.6 Å². The number of carbonyl (C=O) groups excluding carboxylic acids is 2. The van der Waals surface area contributed by atoms with Gasteiger partial charge in [0.1, 0.15) is 11.6 Å². The molecule has 2 aliphatic rings. The molecule has 1 aromatic carbocycles. The largest absolute Gasteiger partial charge is 0.390 e. The van der Waals surface area contributed by atoms with Crippen LogP contribution < -0.4 is 4.90 Å². The quantitative estimate of drug-likeness (QED) is 0.833. The Morgan fingerprint density at radius 1 is 1.46 bits per heavy atom. The maximum atomic E-state index is 13.1. The number of rotatable bonds is 2. The van der Waals surface area contributed by atoms with Crippen LogP contribution in [0, 0.1) is 18.3 Å². The van der Waals surface area contributed by atoms with E-state index in [4.69, 9.17) is 16.9 Å². The smallest absolute Gasteiger partial charge is 0.332 e. The van der Waals surface area contributed by atoms with E-state index in [1.807, 2.05) is 6.07 Å². The van der Waals surface area contributed by atoms with Crippen molar-refractivity contribution >= 4 is 29.2 Å². The third kappa shape index (κ3) is 1.98. The van der Waals surface area contributed by atoms with Crippen LogP contribution in [0.15, 0.2) is 12.1 Å². The molecule has 7 heteroatoms. The van der Waals surface area contributed by atoms with Gasteiger partial charge >= 0.3 is 6.03 Å². The van der Waals surface area contributed by atoms with Crippen molar-refractivity contribution in [3.8, 4) is 6.07 Å². The number of carbonyl (C=O) groups is 2. The molecule has 1 heterocycles. The van der Waals surface area contributed by atoms with E-state index < -0.39 is 23.6 Å². The van der Waals surface area contributed by atoms with Gasteiger partial charge in [-0.25, -0.2) is 9.69 Å². The van der Waals surface area contributed by atoms with Gasteiger partial charge in [-0.3, -0.25) is 4.79 Å². The molecule has 1 spiro atoms. The number of nitrogens with zero attached hydrogens (tertiary/aromatic N) is 3. The second-order valence-electron chi connectivity index (χ2n) is 6.18. The van der Waals surface area contributed by atoms with Crippen LogP contribution in [0.25, 0.3) is 0 Å². The normalized spacial score (nSPS) is 26.5. The highest BCUT2D eigenvalue weighted by Gasteiger charge is 2.62. The molecule has 0 unspecified atom stereocenters. The van der Waals surface area contributed by atoms with Gasteiger partial charge in [0.15, 0.2) is 0 Å². The average molecular weight is 348 g/mol. The predicted octanol–water partition coefficient (Wildman–Crippen LogP) is 2.59. The van der Waals surface area contributed by atoms with Crippen molar-refractivity contribution in [1.29, 1.82) is 5.26 Å². The second kappa shape index (κ2) is 5.76. The molecule has 1 N–H and O–H groups in total. The second-order valence-corrected chi connectivity index (χ2v) is 6.56. The standard InChI is InChI=1S/C17H18ClN3O3/c1-3-20-16(24)21(15(23)17(20)8-4-5-13(17)22)12-7-6-11(9-19)14(18)10(12)2/h6-7,13,22H,3-5,8H2,1-2H3/t13-,17+/m1/s1. The molecule has 24 heavy (non-hydrogen) atoms. The molecular weight excluding hydrogens is 330 g/mol. The average Bonchev–Trinajstić information content (AvgIpc) is 3.03. The fourth-order valence-electron chi connectivity index (χ4n) is 3.86. The third-order valence-electron chi connectivity index (χ3n) is 5.10. The number of halogens is 1. The zero-order valence-electron chi connectivity index (χ0n) is 13.5. The van der Waals surface area contributed by atoms with Gasteiger partial charge in [-0.05, 0) is 50.8 Å². The molecule has 3 amide bonds. The molecule has 0 radical (unpaired) electrons. The van der Waals surface area contributed by atoms with Crippen LogP contribution in [-0.4, -0.2) is 40.1 Å². The molecular formula is C17H18ClN3O3. The summed E-state index contributed by atoms with van der Waals surface area (Å²) in [6.07, 6.45) is 0.772. The molecule has 1 aromatic rings. The minimum Gasteiger partial charge on any atom is -0.390 e. The van der Waals surface area contributed by atoms with E-state index in [2.05, 4.69) is 0 Å². The number of likely N-dealkylation sites (N-methyl/N-ethyl adjacent to an activating group) is 1. The number of nitriles is 1. The molecule has 1 saturated carbocycles. The van der Waals surface area contributed by atoms with E-state index in [0.29, 0.717) is 42.6 Å². The molecule has 2 fully saturated rings. The Hall–Kier alpha value is -2.10. The Bertz CT molecular complexity index is 773. The van der Waals surface area contributed by atoms with E-state index in [1.165, 1.54) is 11.0 Å². The number of aliphatic hydroxyl groups is 1. The first kappa shape index (κ1) is 16.7. The first-order chi connectivity index (χ1) is 11.4. The van der Waals surface area contributed by atoms with E-state index in [1.54, 1.807) is 19.9 Å². The highest BCUT2D eigenvalue weighted by atomic mass is 35.5. The Kier molecular flexibility index (Phi) is 4.02. The van der Waals surface area contributed by atoms with Crippen LogP contribution in [-0.2, 0) is 4.79 Å². The number of hydrogen-bond acceptors (Lipinski definition) is 4. The van der Waals surface area contributed by atoms with Crippen molar-refractivity contribution in [1.82, 2.24) is 4.90 Å². The number of amides is 3. The monoisotopic (exact) mass is 347 g/mol. The van der Waals surface area contributed by atoms with Gasteiger partial charge in [-0.2, -0.15) is 5.26 Å². The van der Waals surface area contributed by atoms with Crippen molar-refractivity contribution in [2.24, 2.45) is 0 Å². The van der Waals surface area contributed by atoms with Gasteiger partial charge in [0.25, 0.3) is 5.91 Å². The molecule has 3 rings (SSSR count). The first-order valence-corrected chi connectivity index (χ1v) is 8.31. The van der Waals surface area contributed by atoms with Gasteiger partial charge in [0.05, 0.1) is 22.4 Å². The lowest BCUT2D eigenvalue weighted by Crippen LogP contribution is -2.55. The highest BCUT2D eigenvalue weighted by molar-refractivity contribution is 6.33. The Labute approximate surface area is 145 Å². The lowest BCUT2D eigenvalue weighted by molar-refractivity contribution is -0.129. The van der Waals surface area contributed by atoms with Gasteiger partial charge < -0.3 is 10.0 Å². The Morgan fingerprint density at radius 3 is 2.71 bits per heavy atom. The number of imide groups is 1. The molecule has 2 atom stereocenters. The van der Waals surface area contributed by atoms with Crippen LogP contribution in [0.1, 0.15) is 37.3 Å². The predicted molar refractivity (Wildman–Crippen MR) is 88.8 cm³/mol. The zero-order chi connectivity index (χ0) is 17.6. The summed E-state index contributed by atoms with van der Waals surface area (Å²) in [4.78, 5) is 28.6. The maximum absolute atomic E-state index is 13.1. The van der Waals surface area contributed by atoms with Crippen molar-refractivity contribution in [2.45, 2.75) is 44.8 Å². The Morgan fingerprint density at radius 2 is 2.17 bits per heavy atom. The molecule has 126 valence electrons. The van der Waals surface area contributed by atoms with Crippen molar-refractivity contribution in [2.75, 3.05) is 11.4 Å². The van der Waals surface area contributed by atoms with Crippen LogP contribution in [0.5, 0.6) is 0 Å². The van der Waals surface area contributed by atoms with Crippen molar-refractivity contribution in [3.05, 3.63) is 28.3 Å². The lowest BCUT2D eigenvalue weighted by Gasteiger charge is -2.33. The van der Waals surface area contributed by atoms with Gasteiger partial charge in [-0.15, -0.1) is 0 Å². The first-order valence-electron chi connectivity index (χ1n) is 7.93. The van der Waals surface area contributed by atoms with Crippen LogP contribution in [0.3, 0.4) is 0 Å². The molecule has 1 aliphatic heterocycles. The highest BCUT2D eigenvalue weighted by Crippen LogP contribution is 2.44. The van der Waals surface area contributed by atoms with Crippen LogP contribution in [0.2, 0.25) is 5.02 Å². The summed E-state index contributed by atoms with van der Waals surface area (Å²) in [5, 5.41) is 19.7. The zero-order valence-corrected chi connectivity index (χ0v) is 14.3. The topological polar surface area (TPSA) is 84.6 Å². The summed E-state index contributed by atoms with van der Waals surface area (Å²) in [7, 11) is 0. The fraction of sp³-hybridized carbons (Fsp3) is 0.471. The molecule has 0 bridgehead atoms. The minimum atomic E-state index is -1.18. The summed E-state index contributed by atoms with van der Waals surface area (Å²) in [6, 6.07) is 4.59. The van der Waals surface area contributed by atoms with Crippen molar-refractivity contribution in [3.63, 3.8) is 0 Å². The maximum Gasteiger partial charge on any atom is 0.332 e. The molecule has 1 aliphatic carbocycles. The molecule has 0 aromatic heterocycles. The van der Waals surface area contributed by atoms with Gasteiger partial charge in [0.2, 0.25) is 0 Å². The van der Waals surface area contributed by atoms with E-state index >= 15 is 0 Å². The number of hydrogen-bond donors (Lipinski definition) is 1. The van der Waals surface area contributed by atoms with E-state index in [0.717, 1.165) is 4.90 Å². The number of benzene rings is 1. The molecule has 6 nitrogen and oxygen atoms in total. The summed E-state index contributed by atoms with van der Waals surface area (Å²) < 4.78 is 0. The minimum absolute atomic E-state index is 0.228. The van der Waals surface area contributed by atoms with Gasteiger partial charge in [-0.1, -0.05) is 11.6 Å². The summed E-state index contributed by atoms with van der Waals surface area (Å²) in [5.74, 6) is -0.414. The summed E-state index contributed by atoms with van der Waals surface area (Å²) in [5.41, 5.74) is -0.0278. The lowest BCUT2D eigenvalue weighted by atomic mass is 9.93. The summed E-state index contributed by atoms with van der Waals surface area (Å²) in [6.45, 7) is 3.80. The third-order valence-corrected chi connectivity index (χ3v) is 5.59. The molecule has 1 saturated heterocycles. The number of urea groups is 1. The summed E-state index contributed by atoms with van der Waals surface area (Å²) >= 11 is 6.19. The van der Waals surface area contributed by atoms with Gasteiger partial charge in [0, 0.05) is 6.54 Å². The van der Waals surface area contributed by atoms with E-state index in [9.17, 15) is 14.7 Å². The SMILES string of the molecule is CCN1C(=O)N(c2ccc(C#N)c(Cl)c2C)C(=O)[C@@]12CCC[C@H]2O. The van der Waals surface area contributed by atoms with E-state index in [-0.39, 0.29) is 5.02 Å². The van der Waals surface area contributed by atoms with Crippen LogP contribution in [0.4, 0.5) is 10.5 Å². The van der Waals surface area contributed by atoms with Crippen molar-refractivity contribution < 1.29 is 14.7 Å². The number of anilines is 1. The number of aliphatic hydroxyl groups excluding tert-OH is 1. The fourth-order valence-corrected chi connectivity index (χ4v) is 4.06. The Balaban J connectivity index is 2.14.